The molecule has 2 N–H and O–H groups in total. The number of nitrogens with two attached hydrogens (primary N) is 1. The minimum absolute atomic E-state index is 0.127. The Morgan fingerprint density at radius 1 is 0.900 bits per heavy atom. The lowest BCUT2D eigenvalue weighted by atomic mass is 10.2. The van der Waals surface area contributed by atoms with E-state index in [4.69, 9.17) is 69.1 Å². The van der Waals surface area contributed by atoms with E-state index in [0.717, 1.165) is 0 Å². The first-order valence-electron chi connectivity index (χ1n) is 5.31. The number of ether oxygens (including phenoxy) is 1. The van der Waals surface area contributed by atoms with Crippen molar-refractivity contribution in [1.82, 2.24) is 0 Å². The first-order valence-corrected chi connectivity index (χ1v) is 7.23. The highest BCUT2D eigenvalue weighted by Gasteiger charge is 2.14. The van der Waals surface area contributed by atoms with Crippen molar-refractivity contribution in [3.8, 4) is 11.5 Å². The van der Waals surface area contributed by atoms with Crippen LogP contribution >= 0.6 is 58.6 Å². The Morgan fingerprint density at radius 2 is 1.55 bits per heavy atom. The Morgan fingerprint density at radius 3 is 2.20 bits per heavy atom. The maximum Gasteiger partial charge on any atom is 0.147 e. The van der Waals surface area contributed by atoms with Gasteiger partial charge in [-0.05, 0) is 18.2 Å². The number of thiocarbonyl (C=S) groups is 1. The summed E-state index contributed by atoms with van der Waals surface area (Å²) in [6.07, 6.45) is 0. The van der Waals surface area contributed by atoms with Gasteiger partial charge in [-0.15, -0.1) is 0 Å². The monoisotopic (exact) mass is 365 g/mol. The minimum Gasteiger partial charge on any atom is -0.455 e. The van der Waals surface area contributed by atoms with E-state index in [1.807, 2.05) is 0 Å². The molecule has 0 saturated carbocycles. The summed E-state index contributed by atoms with van der Waals surface area (Å²) in [6, 6.07) is 8.06. The molecule has 0 radical (unpaired) electrons. The van der Waals surface area contributed by atoms with Crippen molar-refractivity contribution in [3.63, 3.8) is 0 Å². The van der Waals surface area contributed by atoms with E-state index < -0.39 is 0 Å². The van der Waals surface area contributed by atoms with Crippen LogP contribution in [0.1, 0.15) is 5.56 Å². The van der Waals surface area contributed by atoms with Crippen molar-refractivity contribution in [3.05, 3.63) is 56.0 Å². The van der Waals surface area contributed by atoms with Crippen LogP contribution in [0, 0.1) is 0 Å². The molecule has 0 fully saturated rings. The van der Waals surface area contributed by atoms with E-state index in [1.165, 1.54) is 12.1 Å². The normalized spacial score (nSPS) is 10.4. The highest BCUT2D eigenvalue weighted by atomic mass is 35.5. The molecule has 0 unspecified atom stereocenters. The third-order valence-electron chi connectivity index (χ3n) is 2.42. The van der Waals surface area contributed by atoms with Gasteiger partial charge in [0.25, 0.3) is 0 Å². The molecule has 0 atom stereocenters. The molecule has 0 aliphatic heterocycles. The van der Waals surface area contributed by atoms with Crippen molar-refractivity contribution in [2.75, 3.05) is 0 Å². The number of hydrogen-bond acceptors (Lipinski definition) is 2. The van der Waals surface area contributed by atoms with E-state index in [1.54, 1.807) is 18.2 Å². The van der Waals surface area contributed by atoms with Crippen LogP contribution in [0.4, 0.5) is 0 Å². The van der Waals surface area contributed by atoms with Gasteiger partial charge in [-0.25, -0.2) is 0 Å². The van der Waals surface area contributed by atoms with Crippen molar-refractivity contribution in [1.29, 1.82) is 0 Å². The molecular formula is C13H7Cl4NOS. The second kappa shape index (κ2) is 6.37. The minimum atomic E-state index is 0.127. The zero-order valence-corrected chi connectivity index (χ0v) is 13.6. The summed E-state index contributed by atoms with van der Waals surface area (Å²) in [5, 5.41) is 1.37. The predicted molar refractivity (Wildman–Crippen MR) is 88.9 cm³/mol. The van der Waals surface area contributed by atoms with Gasteiger partial charge in [0.15, 0.2) is 0 Å². The summed E-state index contributed by atoms with van der Waals surface area (Å²) in [7, 11) is 0. The summed E-state index contributed by atoms with van der Waals surface area (Å²) in [6.45, 7) is 0. The Labute approximate surface area is 141 Å². The van der Waals surface area contributed by atoms with Gasteiger partial charge in [-0.2, -0.15) is 0 Å². The maximum atomic E-state index is 6.06. The first kappa shape index (κ1) is 15.7. The largest absolute Gasteiger partial charge is 0.455 e. The smallest absolute Gasteiger partial charge is 0.147 e. The van der Waals surface area contributed by atoms with Crippen LogP contribution in [-0.4, -0.2) is 4.99 Å². The average Bonchev–Trinajstić information content (AvgIpc) is 2.35. The van der Waals surface area contributed by atoms with Gasteiger partial charge in [0, 0.05) is 6.07 Å². The van der Waals surface area contributed by atoms with Crippen LogP contribution in [0.25, 0.3) is 0 Å². The lowest BCUT2D eigenvalue weighted by Gasteiger charge is -2.13. The predicted octanol–water partition coefficient (Wildman–Crippen LogP) is 5.73. The summed E-state index contributed by atoms with van der Waals surface area (Å²) >= 11 is 28.9. The Balaban J connectivity index is 2.48. The topological polar surface area (TPSA) is 35.2 Å². The van der Waals surface area contributed by atoms with Gasteiger partial charge in [-0.1, -0.05) is 64.7 Å². The van der Waals surface area contributed by atoms with Crippen LogP contribution in [0.3, 0.4) is 0 Å². The molecule has 2 aromatic rings. The average molecular weight is 367 g/mol. The second-order valence-corrected chi connectivity index (χ2v) is 5.84. The number of rotatable bonds is 3. The lowest BCUT2D eigenvalue weighted by Crippen LogP contribution is -2.11. The van der Waals surface area contributed by atoms with Gasteiger partial charge in [0.1, 0.15) is 16.5 Å². The molecule has 0 saturated heterocycles. The van der Waals surface area contributed by atoms with Crippen molar-refractivity contribution < 1.29 is 4.74 Å². The summed E-state index contributed by atoms with van der Waals surface area (Å²) < 4.78 is 5.69. The van der Waals surface area contributed by atoms with Crippen LogP contribution < -0.4 is 10.5 Å². The zero-order chi connectivity index (χ0) is 14.9. The Bertz CT molecular complexity index is 690. The second-order valence-electron chi connectivity index (χ2n) is 3.78. The molecule has 0 aliphatic carbocycles. The van der Waals surface area contributed by atoms with Gasteiger partial charge in [0.2, 0.25) is 0 Å². The lowest BCUT2D eigenvalue weighted by molar-refractivity contribution is 0.482. The van der Waals surface area contributed by atoms with Gasteiger partial charge < -0.3 is 10.5 Å². The molecule has 20 heavy (non-hydrogen) atoms. The van der Waals surface area contributed by atoms with Crippen LogP contribution in [0.2, 0.25) is 20.1 Å². The van der Waals surface area contributed by atoms with Crippen LogP contribution in [0.15, 0.2) is 30.3 Å². The molecule has 7 heteroatoms. The fourth-order valence-corrected chi connectivity index (χ4v) is 2.64. The molecule has 2 nitrogen and oxygen atoms in total. The van der Waals surface area contributed by atoms with E-state index >= 15 is 0 Å². The molecule has 0 aliphatic rings. The Kier molecular flexibility index (Phi) is 4.99. The third-order valence-corrected chi connectivity index (χ3v) is 3.95. The van der Waals surface area contributed by atoms with E-state index in [2.05, 4.69) is 0 Å². The molecule has 2 aromatic carbocycles. The Hall–Kier alpha value is -0.710. The molecular weight excluding hydrogens is 360 g/mol. The highest BCUT2D eigenvalue weighted by Crippen LogP contribution is 2.38. The molecule has 0 spiro atoms. The van der Waals surface area contributed by atoms with E-state index in [9.17, 15) is 0 Å². The zero-order valence-electron chi connectivity index (χ0n) is 9.79. The van der Waals surface area contributed by atoms with Crippen LogP contribution in [-0.2, 0) is 0 Å². The molecule has 104 valence electrons. The fourth-order valence-electron chi connectivity index (χ4n) is 1.53. The summed E-state index contributed by atoms with van der Waals surface area (Å²) in [5.74, 6) is 0.728. The van der Waals surface area contributed by atoms with Gasteiger partial charge in [0.05, 0.1) is 25.7 Å². The number of hydrogen-bond donors (Lipinski definition) is 1. The quantitative estimate of drug-likeness (QED) is 0.556. The molecule has 0 bridgehead atoms. The SMILES string of the molecule is NC(=S)c1c(Cl)cccc1Oc1cc(Cl)c(Cl)cc1Cl. The molecule has 0 aromatic heterocycles. The first-order chi connectivity index (χ1) is 9.40. The van der Waals surface area contributed by atoms with Gasteiger partial charge in [-0.3, -0.25) is 0 Å². The van der Waals surface area contributed by atoms with Crippen molar-refractivity contribution in [2.45, 2.75) is 0 Å². The molecule has 0 amide bonds. The summed E-state index contributed by atoms with van der Waals surface area (Å²) in [5.41, 5.74) is 6.08. The van der Waals surface area contributed by atoms with Crippen molar-refractivity contribution >= 4 is 63.6 Å². The standard InChI is InChI=1S/C13H7Cl4NOS/c14-6-2-1-3-10(12(6)13(18)20)19-11-5-8(16)7(15)4-9(11)17/h1-5H,(H2,18,20). The van der Waals surface area contributed by atoms with Crippen molar-refractivity contribution in [2.24, 2.45) is 5.73 Å². The summed E-state index contributed by atoms with van der Waals surface area (Å²) in [4.78, 5) is 0.127. The maximum absolute atomic E-state index is 6.06. The number of benzene rings is 2. The third kappa shape index (κ3) is 3.30. The molecule has 0 heterocycles. The fraction of sp³-hybridized carbons (Fsp3) is 0. The van der Waals surface area contributed by atoms with Crippen LogP contribution in [0.5, 0.6) is 11.5 Å². The van der Waals surface area contributed by atoms with E-state index in [0.29, 0.717) is 37.2 Å². The molecule has 2 rings (SSSR count). The van der Waals surface area contributed by atoms with Gasteiger partial charge >= 0.3 is 0 Å². The highest BCUT2D eigenvalue weighted by molar-refractivity contribution is 7.80. The van der Waals surface area contributed by atoms with E-state index in [-0.39, 0.29) is 4.99 Å². The number of halogens is 4.